The summed E-state index contributed by atoms with van der Waals surface area (Å²) >= 11 is 6.20. The van der Waals surface area contributed by atoms with Crippen molar-refractivity contribution in [3.8, 4) is 28.5 Å². The summed E-state index contributed by atoms with van der Waals surface area (Å²) in [5, 5.41) is 9.97. The maximum absolute atomic E-state index is 14.5. The third kappa shape index (κ3) is 6.27. The fraction of sp³-hybridized carbons (Fsp3) is 0.393. The number of benzene rings is 2. The Hall–Kier alpha value is -3.79. The molecule has 0 unspecified atom stereocenters. The van der Waals surface area contributed by atoms with E-state index in [0.717, 1.165) is 19.3 Å². The van der Waals surface area contributed by atoms with E-state index in [2.05, 4.69) is 15.8 Å². The molecule has 1 heterocycles. The molecule has 3 aromatic rings. The van der Waals surface area contributed by atoms with Gasteiger partial charge in [-0.25, -0.2) is 4.39 Å². The molecule has 4 rings (SSSR count). The van der Waals surface area contributed by atoms with Gasteiger partial charge in [0.15, 0.2) is 11.5 Å². The lowest BCUT2D eigenvalue weighted by atomic mass is 9.83. The van der Waals surface area contributed by atoms with E-state index in [1.165, 1.54) is 39.5 Å². The maximum Gasteiger partial charge on any atom is 0.257 e. The zero-order valence-corrected chi connectivity index (χ0v) is 23.0. The van der Waals surface area contributed by atoms with Gasteiger partial charge in [0.2, 0.25) is 11.7 Å². The predicted octanol–water partition coefficient (Wildman–Crippen LogP) is 5.79. The summed E-state index contributed by atoms with van der Waals surface area (Å²) in [6.07, 6.45) is 3.37. The molecule has 0 bridgehead atoms. The molecule has 2 N–H and O–H groups in total. The van der Waals surface area contributed by atoms with Gasteiger partial charge in [-0.15, -0.1) is 0 Å². The minimum atomic E-state index is -0.597. The summed E-state index contributed by atoms with van der Waals surface area (Å²) in [5.41, 5.74) is 0.748. The quantitative estimate of drug-likeness (QED) is 0.341. The monoisotopic (exact) mass is 559 g/mol. The number of aromatic nitrogens is 1. The number of nitrogens with one attached hydrogen (secondary N) is 2. The van der Waals surface area contributed by atoms with Crippen LogP contribution in [0.1, 0.15) is 48.2 Å². The van der Waals surface area contributed by atoms with Crippen LogP contribution in [0.25, 0.3) is 11.3 Å². The highest BCUT2D eigenvalue weighted by molar-refractivity contribution is 6.33. The van der Waals surface area contributed by atoms with E-state index in [0.29, 0.717) is 29.4 Å². The molecule has 39 heavy (non-hydrogen) atoms. The molecule has 1 aromatic heterocycles. The number of carbonyl (C=O) groups is 2. The highest BCUT2D eigenvalue weighted by Gasteiger charge is 2.30. The number of carbonyl (C=O) groups excluding carboxylic acids is 2. The van der Waals surface area contributed by atoms with Gasteiger partial charge in [-0.1, -0.05) is 29.2 Å². The molecule has 208 valence electrons. The number of anilines is 1. The number of aryl methyl sites for hydroxylation is 1. The Kier molecular flexibility index (Phi) is 8.96. The van der Waals surface area contributed by atoms with Gasteiger partial charge in [0.05, 0.1) is 31.9 Å². The van der Waals surface area contributed by atoms with Crippen LogP contribution in [0.4, 0.5) is 10.1 Å². The zero-order valence-electron chi connectivity index (χ0n) is 22.2. The number of rotatable bonds is 9. The van der Waals surface area contributed by atoms with Gasteiger partial charge in [0.1, 0.15) is 22.8 Å². The summed E-state index contributed by atoms with van der Waals surface area (Å²) in [4.78, 5) is 26.1. The molecule has 0 aliphatic heterocycles. The normalized spacial score (nSPS) is 16.9. The van der Waals surface area contributed by atoms with Gasteiger partial charge in [-0.05, 0) is 44.2 Å². The lowest BCUT2D eigenvalue weighted by Gasteiger charge is -2.29. The minimum Gasteiger partial charge on any atom is -0.493 e. The number of halogens is 2. The minimum absolute atomic E-state index is 0.0196. The Bertz CT molecular complexity index is 1320. The molecule has 11 heteroatoms. The first-order chi connectivity index (χ1) is 18.7. The van der Waals surface area contributed by atoms with Crippen molar-refractivity contribution >= 4 is 29.1 Å². The molecule has 2 atom stereocenters. The smallest absolute Gasteiger partial charge is 0.257 e. The number of methoxy groups -OCH3 is 3. The number of hydrogen-bond donors (Lipinski definition) is 2. The molecule has 9 nitrogen and oxygen atoms in total. The fourth-order valence-electron chi connectivity index (χ4n) is 5.03. The van der Waals surface area contributed by atoms with Crippen LogP contribution in [0.15, 0.2) is 34.9 Å². The van der Waals surface area contributed by atoms with Crippen molar-refractivity contribution in [1.29, 1.82) is 0 Å². The van der Waals surface area contributed by atoms with Crippen LogP contribution >= 0.6 is 11.6 Å². The number of amides is 2. The van der Waals surface area contributed by atoms with Crippen LogP contribution in [0, 0.1) is 18.7 Å². The summed E-state index contributed by atoms with van der Waals surface area (Å²) in [5.74, 6) is 0.464. The standard InChI is InChI=1S/C28H31ClFN3O6/c1-15-24(26(33-39-15)25-19(29)9-6-10-20(25)30)28(35)32-17-8-5-7-16(11-17)12-23(34)31-18-13-21(36-2)27(38-4)22(14-18)37-3/h6,9-10,13-14,16-17H,5,7-8,11-12H2,1-4H3,(H,31,34)(H,32,35)/t16-,17+/m1/s1. The van der Waals surface area contributed by atoms with E-state index in [9.17, 15) is 14.0 Å². The molecule has 1 fully saturated rings. The van der Waals surface area contributed by atoms with Crippen LogP contribution in [0.3, 0.4) is 0 Å². The Morgan fingerprint density at radius 2 is 1.85 bits per heavy atom. The van der Waals surface area contributed by atoms with Gasteiger partial charge >= 0.3 is 0 Å². The first-order valence-electron chi connectivity index (χ1n) is 12.6. The topological polar surface area (TPSA) is 112 Å². The average molecular weight is 560 g/mol. The largest absolute Gasteiger partial charge is 0.493 e. The van der Waals surface area contributed by atoms with Crippen molar-refractivity contribution in [2.24, 2.45) is 5.92 Å². The Morgan fingerprint density at radius 1 is 1.13 bits per heavy atom. The second-order valence-electron chi connectivity index (χ2n) is 9.43. The molecule has 1 aliphatic rings. The molecular formula is C28H31ClFN3O6. The fourth-order valence-corrected chi connectivity index (χ4v) is 5.28. The highest BCUT2D eigenvalue weighted by Crippen LogP contribution is 2.40. The van der Waals surface area contributed by atoms with Gasteiger partial charge in [-0.3, -0.25) is 9.59 Å². The SMILES string of the molecule is COc1cc(NC(=O)C[C@@H]2CCC[C@H](NC(=O)c3c(-c4c(F)cccc4Cl)noc3C)C2)cc(OC)c1OC. The van der Waals surface area contributed by atoms with E-state index in [1.54, 1.807) is 19.1 Å². The van der Waals surface area contributed by atoms with Gasteiger partial charge < -0.3 is 29.4 Å². The Balaban J connectivity index is 1.41. The molecule has 2 amide bonds. The lowest BCUT2D eigenvalue weighted by molar-refractivity contribution is -0.117. The first-order valence-corrected chi connectivity index (χ1v) is 12.9. The molecule has 2 aromatic carbocycles. The van der Waals surface area contributed by atoms with Crippen LogP contribution in [0.5, 0.6) is 17.2 Å². The zero-order chi connectivity index (χ0) is 28.1. The number of ether oxygens (including phenoxy) is 3. The van der Waals surface area contributed by atoms with E-state index < -0.39 is 11.7 Å². The first kappa shape index (κ1) is 28.2. The van der Waals surface area contributed by atoms with E-state index in [4.69, 9.17) is 30.3 Å². The van der Waals surface area contributed by atoms with Crippen LogP contribution < -0.4 is 24.8 Å². The Morgan fingerprint density at radius 3 is 2.49 bits per heavy atom. The summed E-state index contributed by atoms with van der Waals surface area (Å²) in [6, 6.07) is 7.44. The van der Waals surface area contributed by atoms with Gasteiger partial charge in [0, 0.05) is 30.3 Å². The third-order valence-corrected chi connectivity index (χ3v) is 7.14. The van der Waals surface area contributed by atoms with Crippen LogP contribution in [0.2, 0.25) is 5.02 Å². The predicted molar refractivity (Wildman–Crippen MR) is 144 cm³/mol. The van der Waals surface area contributed by atoms with E-state index >= 15 is 0 Å². The summed E-state index contributed by atoms with van der Waals surface area (Å²) in [6.45, 7) is 1.59. The van der Waals surface area contributed by atoms with Crippen molar-refractivity contribution in [3.05, 3.63) is 52.5 Å². The van der Waals surface area contributed by atoms with E-state index in [-0.39, 0.29) is 51.9 Å². The van der Waals surface area contributed by atoms with Crippen molar-refractivity contribution < 1.29 is 32.7 Å². The van der Waals surface area contributed by atoms with Crippen molar-refractivity contribution in [2.75, 3.05) is 26.6 Å². The van der Waals surface area contributed by atoms with Crippen LogP contribution in [-0.2, 0) is 4.79 Å². The molecule has 0 radical (unpaired) electrons. The number of hydrogen-bond acceptors (Lipinski definition) is 7. The summed E-state index contributed by atoms with van der Waals surface area (Å²) < 4.78 is 35.8. The second kappa shape index (κ2) is 12.4. The summed E-state index contributed by atoms with van der Waals surface area (Å²) in [7, 11) is 4.53. The molecule has 0 saturated heterocycles. The molecule has 1 aliphatic carbocycles. The lowest BCUT2D eigenvalue weighted by Crippen LogP contribution is -2.39. The van der Waals surface area contributed by atoms with Crippen molar-refractivity contribution in [1.82, 2.24) is 10.5 Å². The van der Waals surface area contributed by atoms with Crippen molar-refractivity contribution in [2.45, 2.75) is 45.1 Å². The third-order valence-electron chi connectivity index (χ3n) is 6.83. The molecular weight excluding hydrogens is 529 g/mol. The van der Waals surface area contributed by atoms with Gasteiger partial charge in [-0.2, -0.15) is 0 Å². The highest BCUT2D eigenvalue weighted by atomic mass is 35.5. The molecule has 0 spiro atoms. The maximum atomic E-state index is 14.5. The van der Waals surface area contributed by atoms with Crippen LogP contribution in [-0.4, -0.2) is 44.3 Å². The van der Waals surface area contributed by atoms with E-state index in [1.807, 2.05) is 0 Å². The second-order valence-corrected chi connectivity index (χ2v) is 9.84. The molecule has 1 saturated carbocycles. The van der Waals surface area contributed by atoms with Crippen molar-refractivity contribution in [3.63, 3.8) is 0 Å². The Labute approximate surface area is 230 Å². The number of nitrogens with zero attached hydrogens (tertiary/aromatic N) is 1. The van der Waals surface area contributed by atoms with Gasteiger partial charge in [0.25, 0.3) is 5.91 Å². The average Bonchev–Trinajstić information content (AvgIpc) is 3.28.